The predicted octanol–water partition coefficient (Wildman–Crippen LogP) is 2.34. The third-order valence-corrected chi connectivity index (χ3v) is 4.97. The smallest absolute Gasteiger partial charge is 0.240 e. The van der Waals surface area contributed by atoms with E-state index in [9.17, 15) is 12.8 Å². The molecule has 6 nitrogen and oxygen atoms in total. The number of benzene rings is 1. The number of hydrogen-bond acceptors (Lipinski definition) is 6. The summed E-state index contributed by atoms with van der Waals surface area (Å²) in [6, 6.07) is 3.93. The van der Waals surface area contributed by atoms with Gasteiger partial charge in [0.15, 0.2) is 15.7 Å². The van der Waals surface area contributed by atoms with Crippen LogP contribution in [0.15, 0.2) is 27.6 Å². The zero-order valence-electron chi connectivity index (χ0n) is 12.9. The van der Waals surface area contributed by atoms with Gasteiger partial charge < -0.3 is 9.84 Å². The molecule has 0 saturated heterocycles. The summed E-state index contributed by atoms with van der Waals surface area (Å²) in [5.74, 6) is 0.931. The number of rotatable bonds is 6. The highest BCUT2D eigenvalue weighted by atomic mass is 32.2. The fourth-order valence-corrected chi connectivity index (χ4v) is 3.02. The molecule has 1 unspecified atom stereocenters. The molecule has 124 valence electrons. The van der Waals surface area contributed by atoms with Gasteiger partial charge in [-0.25, -0.2) is 12.8 Å². The van der Waals surface area contributed by atoms with Crippen LogP contribution in [-0.4, -0.2) is 24.8 Å². The van der Waals surface area contributed by atoms with E-state index in [1.807, 2.05) is 6.92 Å². The number of hydrogen-bond donors (Lipinski definition) is 1. The molecule has 1 aliphatic rings. The van der Waals surface area contributed by atoms with Crippen LogP contribution in [0.4, 0.5) is 4.39 Å². The summed E-state index contributed by atoms with van der Waals surface area (Å²) in [7, 11) is -3.56. The number of sulfone groups is 1. The van der Waals surface area contributed by atoms with E-state index < -0.39 is 15.7 Å². The molecule has 0 amide bonds. The van der Waals surface area contributed by atoms with Crippen LogP contribution in [0.5, 0.6) is 0 Å². The van der Waals surface area contributed by atoms with E-state index in [0.29, 0.717) is 23.9 Å². The van der Waals surface area contributed by atoms with Crippen LogP contribution in [0.25, 0.3) is 0 Å². The Morgan fingerprint density at radius 2 is 2.17 bits per heavy atom. The average Bonchev–Trinajstić information content (AvgIpc) is 3.22. The summed E-state index contributed by atoms with van der Waals surface area (Å²) < 4.78 is 41.9. The maximum Gasteiger partial charge on any atom is 0.240 e. The second-order valence-corrected chi connectivity index (χ2v) is 7.87. The molecule has 1 aliphatic carbocycles. The molecule has 2 aromatic rings. The van der Waals surface area contributed by atoms with E-state index in [1.54, 1.807) is 6.07 Å². The molecule has 1 aromatic heterocycles. The second-order valence-electron chi connectivity index (χ2n) is 5.89. The molecule has 0 spiro atoms. The van der Waals surface area contributed by atoms with Crippen molar-refractivity contribution >= 4 is 9.84 Å². The molecule has 1 aromatic carbocycles. The van der Waals surface area contributed by atoms with Crippen LogP contribution in [0, 0.1) is 5.82 Å². The molecule has 0 bridgehead atoms. The number of nitrogens with zero attached hydrogens (tertiary/aromatic N) is 2. The third-order valence-electron chi connectivity index (χ3n) is 3.84. The first kappa shape index (κ1) is 16.1. The maximum atomic E-state index is 13.9. The Morgan fingerprint density at radius 3 is 2.78 bits per heavy atom. The zero-order valence-corrected chi connectivity index (χ0v) is 13.7. The first-order valence-corrected chi connectivity index (χ1v) is 9.29. The fraction of sp³-hybridized carbons (Fsp3) is 0.467. The van der Waals surface area contributed by atoms with Crippen molar-refractivity contribution in [3.05, 3.63) is 41.3 Å². The highest BCUT2D eigenvalue weighted by molar-refractivity contribution is 7.90. The van der Waals surface area contributed by atoms with Crippen LogP contribution in [-0.2, 0) is 16.4 Å². The van der Waals surface area contributed by atoms with Crippen LogP contribution >= 0.6 is 0 Å². The molecule has 1 saturated carbocycles. The summed E-state index contributed by atoms with van der Waals surface area (Å²) in [4.78, 5) is 4.02. The minimum Gasteiger partial charge on any atom is -0.338 e. The largest absolute Gasteiger partial charge is 0.338 e. The summed E-state index contributed by atoms with van der Waals surface area (Å²) in [6.07, 6.45) is 3.20. The van der Waals surface area contributed by atoms with Gasteiger partial charge in [-0.15, -0.1) is 0 Å². The van der Waals surface area contributed by atoms with Gasteiger partial charge >= 0.3 is 0 Å². The minimum atomic E-state index is -3.56. The molecule has 1 N–H and O–H groups in total. The van der Waals surface area contributed by atoms with Gasteiger partial charge in [-0.2, -0.15) is 4.98 Å². The molecule has 23 heavy (non-hydrogen) atoms. The Morgan fingerprint density at radius 1 is 1.43 bits per heavy atom. The van der Waals surface area contributed by atoms with Gasteiger partial charge in [0.2, 0.25) is 5.89 Å². The van der Waals surface area contributed by atoms with Gasteiger partial charge in [-0.1, -0.05) is 11.2 Å². The standard InChI is InChI=1S/C15H18FN3O3S/c1-9(11-5-6-13(12(16)7-11)23(2,20)21)17-8-14-18-15(19-22-14)10-3-4-10/h5-7,9-10,17H,3-4,8H2,1-2H3. The molecule has 1 heterocycles. The Labute approximate surface area is 134 Å². The molecule has 3 rings (SSSR count). The Hall–Kier alpha value is -1.80. The summed E-state index contributed by atoms with van der Waals surface area (Å²) in [5, 5.41) is 7.09. The maximum absolute atomic E-state index is 13.9. The normalized spacial score (nSPS) is 16.5. The first-order chi connectivity index (χ1) is 10.8. The highest BCUT2D eigenvalue weighted by Gasteiger charge is 2.28. The Bertz CT molecular complexity index is 815. The van der Waals surface area contributed by atoms with Crippen LogP contribution in [0.3, 0.4) is 0 Å². The van der Waals surface area contributed by atoms with E-state index in [4.69, 9.17) is 4.52 Å². The van der Waals surface area contributed by atoms with Crippen molar-refractivity contribution in [2.24, 2.45) is 0 Å². The topological polar surface area (TPSA) is 85.1 Å². The summed E-state index contributed by atoms with van der Waals surface area (Å²) in [5.41, 5.74) is 0.650. The van der Waals surface area contributed by atoms with Crippen molar-refractivity contribution in [1.29, 1.82) is 0 Å². The second kappa shape index (κ2) is 6.01. The molecule has 1 atom stereocenters. The fourth-order valence-electron chi connectivity index (χ4n) is 2.29. The van der Waals surface area contributed by atoms with Crippen molar-refractivity contribution in [3.63, 3.8) is 0 Å². The monoisotopic (exact) mass is 339 g/mol. The molecule has 1 fully saturated rings. The van der Waals surface area contributed by atoms with E-state index in [0.717, 1.165) is 24.9 Å². The Kier molecular flexibility index (Phi) is 4.20. The van der Waals surface area contributed by atoms with E-state index in [2.05, 4.69) is 15.5 Å². The van der Waals surface area contributed by atoms with Crippen LogP contribution < -0.4 is 5.32 Å². The van der Waals surface area contributed by atoms with Crippen molar-refractivity contribution in [2.75, 3.05) is 6.26 Å². The lowest BCUT2D eigenvalue weighted by Crippen LogP contribution is -2.18. The lowest BCUT2D eigenvalue weighted by Gasteiger charge is -2.13. The predicted molar refractivity (Wildman–Crippen MR) is 81.0 cm³/mol. The average molecular weight is 339 g/mol. The number of halogens is 1. The van der Waals surface area contributed by atoms with Gasteiger partial charge in [0.1, 0.15) is 10.7 Å². The van der Waals surface area contributed by atoms with Gasteiger partial charge in [0, 0.05) is 18.2 Å². The molecule has 0 radical (unpaired) electrons. The van der Waals surface area contributed by atoms with Gasteiger partial charge in [-0.3, -0.25) is 0 Å². The minimum absolute atomic E-state index is 0.186. The van der Waals surface area contributed by atoms with Crippen molar-refractivity contribution in [2.45, 2.75) is 43.2 Å². The third kappa shape index (κ3) is 3.76. The van der Waals surface area contributed by atoms with Crippen molar-refractivity contribution < 1.29 is 17.3 Å². The van der Waals surface area contributed by atoms with Gasteiger partial charge in [0.05, 0.1) is 6.54 Å². The lowest BCUT2D eigenvalue weighted by atomic mass is 10.1. The quantitative estimate of drug-likeness (QED) is 0.869. The SMILES string of the molecule is CC(NCc1nc(C2CC2)no1)c1ccc(S(C)(=O)=O)c(F)c1. The Balaban J connectivity index is 1.65. The molecular formula is C15H18FN3O3S. The van der Waals surface area contributed by atoms with E-state index in [-0.39, 0.29) is 10.9 Å². The molecule has 8 heteroatoms. The lowest BCUT2D eigenvalue weighted by molar-refractivity contribution is 0.356. The first-order valence-electron chi connectivity index (χ1n) is 7.40. The number of nitrogens with one attached hydrogen (secondary N) is 1. The zero-order chi connectivity index (χ0) is 16.6. The van der Waals surface area contributed by atoms with Crippen LogP contribution in [0.2, 0.25) is 0 Å². The van der Waals surface area contributed by atoms with E-state index >= 15 is 0 Å². The van der Waals surface area contributed by atoms with Crippen molar-refractivity contribution in [1.82, 2.24) is 15.5 Å². The van der Waals surface area contributed by atoms with Gasteiger partial charge in [0.25, 0.3) is 0 Å². The molecular weight excluding hydrogens is 321 g/mol. The summed E-state index contributed by atoms with van der Waals surface area (Å²) in [6.45, 7) is 2.23. The van der Waals surface area contributed by atoms with Gasteiger partial charge in [-0.05, 0) is 37.5 Å². The number of aromatic nitrogens is 2. The molecule has 0 aliphatic heterocycles. The van der Waals surface area contributed by atoms with E-state index in [1.165, 1.54) is 12.1 Å². The van der Waals surface area contributed by atoms with Crippen molar-refractivity contribution in [3.8, 4) is 0 Å². The van der Waals surface area contributed by atoms with Crippen LogP contribution in [0.1, 0.15) is 49.0 Å². The summed E-state index contributed by atoms with van der Waals surface area (Å²) >= 11 is 0. The highest BCUT2D eigenvalue weighted by Crippen LogP contribution is 2.38.